The van der Waals surface area contributed by atoms with Gasteiger partial charge in [0.15, 0.2) is 0 Å². The molecule has 0 saturated carbocycles. The van der Waals surface area contributed by atoms with Crippen LogP contribution in [-0.2, 0) is 19.6 Å². The first-order valence-electron chi connectivity index (χ1n) is 7.95. The summed E-state index contributed by atoms with van der Waals surface area (Å²) in [6.07, 6.45) is 5.13. The lowest BCUT2D eigenvalue weighted by atomic mass is 10.1. The molecule has 0 unspecified atom stereocenters. The highest BCUT2D eigenvalue weighted by molar-refractivity contribution is 7.71. The third-order valence-corrected chi connectivity index (χ3v) is 5.49. The number of hydrogen-bond acceptors (Lipinski definition) is 4. The van der Waals surface area contributed by atoms with E-state index < -0.39 is 0 Å². The molecule has 4 nitrogen and oxygen atoms in total. The summed E-state index contributed by atoms with van der Waals surface area (Å²) in [5.74, 6) is 0.789. The minimum atomic E-state index is 0.596. The Hall–Kier alpha value is -2.02. The molecule has 1 aliphatic rings. The number of H-pyrrole nitrogens is 1. The van der Waals surface area contributed by atoms with Crippen LogP contribution in [0.5, 0.6) is 0 Å². The summed E-state index contributed by atoms with van der Waals surface area (Å²) in [7, 11) is 0. The number of benzene rings is 1. The van der Waals surface area contributed by atoms with Crippen molar-refractivity contribution < 1.29 is 0 Å². The Morgan fingerprint density at radius 2 is 2.08 bits per heavy atom. The fourth-order valence-electron chi connectivity index (χ4n) is 2.91. The molecular formula is C18H18N4S2. The quantitative estimate of drug-likeness (QED) is 0.714. The molecule has 1 aliphatic heterocycles. The predicted molar refractivity (Wildman–Crippen MR) is 101 cm³/mol. The number of nitrogens with one attached hydrogen (secondary N) is 1. The summed E-state index contributed by atoms with van der Waals surface area (Å²) < 4.78 is 2.54. The second-order valence-corrected chi connectivity index (χ2v) is 7.24. The lowest BCUT2D eigenvalue weighted by molar-refractivity contribution is 0.189. The molecule has 0 spiro atoms. The van der Waals surface area contributed by atoms with Crippen LogP contribution in [0.15, 0.2) is 41.8 Å². The van der Waals surface area contributed by atoms with Crippen LogP contribution in [0.25, 0.3) is 12.2 Å². The Kier molecular flexibility index (Phi) is 4.42. The smallest absolute Gasteiger partial charge is 0.217 e. The Morgan fingerprint density at radius 1 is 1.21 bits per heavy atom. The normalized spacial score (nSPS) is 15.0. The molecule has 6 heteroatoms. The van der Waals surface area contributed by atoms with Crippen molar-refractivity contribution in [1.82, 2.24) is 19.7 Å². The maximum absolute atomic E-state index is 5.40. The van der Waals surface area contributed by atoms with Gasteiger partial charge in [-0.2, -0.15) is 4.98 Å². The number of fused-ring (bicyclic) bond motifs is 1. The largest absolute Gasteiger partial charge is 0.280 e. The van der Waals surface area contributed by atoms with Crippen molar-refractivity contribution in [3.63, 3.8) is 0 Å². The van der Waals surface area contributed by atoms with Gasteiger partial charge in [0.1, 0.15) is 5.82 Å². The SMILES string of the molecule is S=c1nc(/C=C/c2ccccc2)[nH]n1CN1CCc2sccc2C1. The second-order valence-electron chi connectivity index (χ2n) is 5.88. The molecule has 0 bridgehead atoms. The Bertz CT molecular complexity index is 905. The molecule has 0 aliphatic carbocycles. The van der Waals surface area contributed by atoms with E-state index in [0.29, 0.717) is 4.77 Å². The van der Waals surface area contributed by atoms with Crippen LogP contribution < -0.4 is 0 Å². The van der Waals surface area contributed by atoms with Crippen molar-refractivity contribution in [3.05, 3.63) is 68.4 Å². The third-order valence-electron chi connectivity index (χ3n) is 4.16. The minimum absolute atomic E-state index is 0.596. The molecule has 0 amide bonds. The van der Waals surface area contributed by atoms with Crippen LogP contribution in [0.1, 0.15) is 21.8 Å². The fraction of sp³-hybridized carbons (Fsp3) is 0.222. The van der Waals surface area contributed by atoms with Crippen molar-refractivity contribution in [2.75, 3.05) is 6.54 Å². The Morgan fingerprint density at radius 3 is 2.96 bits per heavy atom. The zero-order chi connectivity index (χ0) is 16.4. The molecule has 4 rings (SSSR count). The van der Waals surface area contributed by atoms with Crippen LogP contribution in [0.4, 0.5) is 0 Å². The Balaban J connectivity index is 1.46. The van der Waals surface area contributed by atoms with Crippen LogP contribution in [0, 0.1) is 4.77 Å². The van der Waals surface area contributed by atoms with Crippen molar-refractivity contribution in [2.45, 2.75) is 19.6 Å². The van der Waals surface area contributed by atoms with E-state index in [1.165, 1.54) is 10.4 Å². The van der Waals surface area contributed by atoms with Crippen molar-refractivity contribution in [2.24, 2.45) is 0 Å². The summed E-state index contributed by atoms with van der Waals surface area (Å²) >= 11 is 7.26. The molecule has 0 fully saturated rings. The van der Waals surface area contributed by atoms with Gasteiger partial charge in [-0.3, -0.25) is 10.00 Å². The second kappa shape index (κ2) is 6.84. The number of thiophene rings is 1. The summed E-state index contributed by atoms with van der Waals surface area (Å²) in [6.45, 7) is 2.79. The van der Waals surface area contributed by atoms with Gasteiger partial charge in [0.2, 0.25) is 4.77 Å². The zero-order valence-electron chi connectivity index (χ0n) is 13.2. The lowest BCUT2D eigenvalue weighted by Crippen LogP contribution is -2.32. The van der Waals surface area contributed by atoms with Gasteiger partial charge >= 0.3 is 0 Å². The molecule has 3 aromatic rings. The number of nitrogens with zero attached hydrogens (tertiary/aromatic N) is 3. The van der Waals surface area contributed by atoms with Gasteiger partial charge in [0.25, 0.3) is 0 Å². The first-order chi connectivity index (χ1) is 11.8. The average molecular weight is 355 g/mol. The maximum atomic E-state index is 5.40. The number of hydrogen-bond donors (Lipinski definition) is 1. The van der Waals surface area contributed by atoms with Gasteiger partial charge in [-0.05, 0) is 47.3 Å². The molecule has 1 aromatic carbocycles. The molecule has 122 valence electrons. The third kappa shape index (κ3) is 3.40. The topological polar surface area (TPSA) is 36.9 Å². The van der Waals surface area contributed by atoms with Gasteiger partial charge in [0, 0.05) is 18.0 Å². The number of aromatic amines is 1. The first-order valence-corrected chi connectivity index (χ1v) is 9.24. The summed E-state index contributed by atoms with van der Waals surface area (Å²) in [6, 6.07) is 12.4. The Labute approximate surface area is 150 Å². The highest BCUT2D eigenvalue weighted by Crippen LogP contribution is 2.24. The van der Waals surface area contributed by atoms with Crippen LogP contribution in [-0.4, -0.2) is 26.2 Å². The molecule has 1 N–H and O–H groups in total. The number of rotatable bonds is 4. The van der Waals surface area contributed by atoms with Gasteiger partial charge in [-0.25, -0.2) is 4.68 Å². The van der Waals surface area contributed by atoms with E-state index in [0.717, 1.165) is 37.6 Å². The summed E-state index contributed by atoms with van der Waals surface area (Å²) in [5, 5.41) is 5.48. The van der Waals surface area contributed by atoms with Crippen LogP contribution in [0.3, 0.4) is 0 Å². The summed E-state index contributed by atoms with van der Waals surface area (Å²) in [5.41, 5.74) is 2.59. The molecule has 24 heavy (non-hydrogen) atoms. The van der Waals surface area contributed by atoms with E-state index in [4.69, 9.17) is 12.2 Å². The van der Waals surface area contributed by atoms with E-state index >= 15 is 0 Å². The molecule has 2 aromatic heterocycles. The minimum Gasteiger partial charge on any atom is -0.280 e. The van der Waals surface area contributed by atoms with E-state index in [1.54, 1.807) is 0 Å². The summed E-state index contributed by atoms with van der Waals surface area (Å²) in [4.78, 5) is 8.35. The van der Waals surface area contributed by atoms with Crippen molar-refractivity contribution in [1.29, 1.82) is 0 Å². The van der Waals surface area contributed by atoms with E-state index in [9.17, 15) is 0 Å². The van der Waals surface area contributed by atoms with Crippen molar-refractivity contribution >= 4 is 35.7 Å². The van der Waals surface area contributed by atoms with Crippen molar-refractivity contribution in [3.8, 4) is 0 Å². The molecule has 0 saturated heterocycles. The first kappa shape index (κ1) is 15.5. The zero-order valence-corrected chi connectivity index (χ0v) is 14.8. The highest BCUT2D eigenvalue weighted by Gasteiger charge is 2.17. The van der Waals surface area contributed by atoms with Crippen LogP contribution in [0.2, 0.25) is 0 Å². The van der Waals surface area contributed by atoms with E-state index in [2.05, 4.69) is 38.6 Å². The lowest BCUT2D eigenvalue weighted by Gasteiger charge is -2.26. The average Bonchev–Trinajstić information content (AvgIpc) is 3.20. The van der Waals surface area contributed by atoms with Crippen LogP contribution >= 0.6 is 23.6 Å². The maximum Gasteiger partial charge on any atom is 0.217 e. The fourth-order valence-corrected chi connectivity index (χ4v) is 4.00. The van der Waals surface area contributed by atoms with Gasteiger partial charge in [-0.15, -0.1) is 11.3 Å². The molecule has 0 atom stereocenters. The molecule has 0 radical (unpaired) electrons. The van der Waals surface area contributed by atoms with Gasteiger partial charge in [0.05, 0.1) is 6.67 Å². The van der Waals surface area contributed by atoms with E-state index in [1.807, 2.05) is 46.4 Å². The standard InChI is InChI=1S/C18H18N4S2/c23-18-19-17(7-6-14-4-2-1-3-5-14)20-22(18)13-21-10-8-16-15(12-21)9-11-24-16/h1-7,9,11H,8,10,12-13H2,(H,19,20,23)/b7-6+. The molecular weight excluding hydrogens is 336 g/mol. The van der Waals surface area contributed by atoms with Gasteiger partial charge in [-0.1, -0.05) is 36.4 Å². The monoisotopic (exact) mass is 354 g/mol. The molecule has 3 heterocycles. The predicted octanol–water partition coefficient (Wildman–Crippen LogP) is 4.19. The van der Waals surface area contributed by atoms with E-state index in [-0.39, 0.29) is 0 Å². The number of aromatic nitrogens is 3. The van der Waals surface area contributed by atoms with Gasteiger partial charge < -0.3 is 0 Å². The highest BCUT2D eigenvalue weighted by atomic mass is 32.1.